The first kappa shape index (κ1) is 14.8. The monoisotopic (exact) mass is 290 g/mol. The number of aromatic nitrogens is 3. The van der Waals surface area contributed by atoms with E-state index in [0.717, 1.165) is 0 Å². The molecule has 2 N–H and O–H groups in total. The lowest BCUT2D eigenvalue weighted by atomic mass is 10.3. The van der Waals surface area contributed by atoms with Crippen molar-refractivity contribution >= 4 is 11.7 Å². The molecule has 2 aromatic rings. The van der Waals surface area contributed by atoms with Crippen molar-refractivity contribution in [1.82, 2.24) is 15.0 Å². The molecule has 7 heteroatoms. The fraction of sp³-hybridized carbons (Fsp3) is 0.357. The van der Waals surface area contributed by atoms with E-state index in [1.165, 1.54) is 0 Å². The zero-order valence-electron chi connectivity index (χ0n) is 11.9. The third kappa shape index (κ3) is 4.48. The molecule has 0 bridgehead atoms. The smallest absolute Gasteiger partial charge is 0.311 e. The highest BCUT2D eigenvalue weighted by atomic mass is 16.5. The number of ether oxygens (including phenoxy) is 2. The molecule has 0 aliphatic carbocycles. The van der Waals surface area contributed by atoms with E-state index in [1.807, 2.05) is 12.1 Å². The van der Waals surface area contributed by atoms with Crippen molar-refractivity contribution in [2.45, 2.75) is 19.9 Å². The second kappa shape index (κ2) is 7.28. The van der Waals surface area contributed by atoms with Crippen LogP contribution in [0, 0.1) is 0 Å². The standard InChI is InChI=1S/C14H18N4O3/c1-2-20-14(19)9-12-10-16-17-18(12)6-7-21-13-5-3-4-11(15)8-13/h3-5,8,10H,2,6-7,9,15H2,1H3. The van der Waals surface area contributed by atoms with Crippen LogP contribution in [0.1, 0.15) is 12.6 Å². The minimum Gasteiger partial charge on any atom is -0.492 e. The Hall–Kier alpha value is -2.57. The molecule has 7 nitrogen and oxygen atoms in total. The zero-order valence-corrected chi connectivity index (χ0v) is 11.9. The molecule has 1 aromatic heterocycles. The maximum absolute atomic E-state index is 11.5. The quantitative estimate of drug-likeness (QED) is 0.605. The van der Waals surface area contributed by atoms with Crippen LogP contribution >= 0.6 is 0 Å². The lowest BCUT2D eigenvalue weighted by Gasteiger charge is -2.08. The van der Waals surface area contributed by atoms with Gasteiger partial charge in [-0.3, -0.25) is 4.79 Å². The Morgan fingerprint density at radius 1 is 1.43 bits per heavy atom. The van der Waals surface area contributed by atoms with E-state index < -0.39 is 0 Å². The normalized spacial score (nSPS) is 10.3. The zero-order chi connectivity index (χ0) is 15.1. The minimum atomic E-state index is -0.294. The topological polar surface area (TPSA) is 92.3 Å². The van der Waals surface area contributed by atoms with Crippen molar-refractivity contribution in [3.05, 3.63) is 36.2 Å². The van der Waals surface area contributed by atoms with Crippen LogP contribution in [0.2, 0.25) is 0 Å². The third-order valence-electron chi connectivity index (χ3n) is 2.76. The molecule has 0 unspecified atom stereocenters. The number of hydrogen-bond donors (Lipinski definition) is 1. The molecule has 0 fully saturated rings. The molecule has 0 atom stereocenters. The molecule has 0 amide bonds. The Bertz CT molecular complexity index is 597. The van der Waals surface area contributed by atoms with E-state index in [1.54, 1.807) is 29.9 Å². The predicted octanol–water partition coefficient (Wildman–Crippen LogP) is 1.04. The molecule has 21 heavy (non-hydrogen) atoms. The summed E-state index contributed by atoms with van der Waals surface area (Å²) in [4.78, 5) is 11.5. The first-order valence-electron chi connectivity index (χ1n) is 6.70. The second-order valence-corrected chi connectivity index (χ2v) is 4.35. The molecule has 1 aromatic carbocycles. The summed E-state index contributed by atoms with van der Waals surface area (Å²) in [5.41, 5.74) is 7.02. The number of carbonyl (C=O) groups excluding carboxylic acids is 1. The van der Waals surface area contributed by atoms with Gasteiger partial charge in [0.05, 0.1) is 31.5 Å². The maximum Gasteiger partial charge on any atom is 0.311 e. The molecule has 1 heterocycles. The van der Waals surface area contributed by atoms with Crippen molar-refractivity contribution in [3.63, 3.8) is 0 Å². The molecule has 0 saturated carbocycles. The van der Waals surface area contributed by atoms with E-state index >= 15 is 0 Å². The summed E-state index contributed by atoms with van der Waals surface area (Å²) in [6, 6.07) is 7.20. The highest BCUT2D eigenvalue weighted by molar-refractivity contribution is 5.71. The molecule has 112 valence electrons. The average Bonchev–Trinajstić information content (AvgIpc) is 2.86. The van der Waals surface area contributed by atoms with Gasteiger partial charge in [0.15, 0.2) is 0 Å². The summed E-state index contributed by atoms with van der Waals surface area (Å²) in [5.74, 6) is 0.403. The highest BCUT2D eigenvalue weighted by Gasteiger charge is 2.10. The van der Waals surface area contributed by atoms with Crippen molar-refractivity contribution in [2.75, 3.05) is 18.9 Å². The van der Waals surface area contributed by atoms with Crippen LogP contribution in [0.4, 0.5) is 5.69 Å². The Morgan fingerprint density at radius 2 is 2.29 bits per heavy atom. The molecule has 0 spiro atoms. The summed E-state index contributed by atoms with van der Waals surface area (Å²) in [6.07, 6.45) is 1.70. The van der Waals surface area contributed by atoms with E-state index in [9.17, 15) is 4.79 Å². The number of anilines is 1. The highest BCUT2D eigenvalue weighted by Crippen LogP contribution is 2.14. The number of benzene rings is 1. The fourth-order valence-corrected chi connectivity index (χ4v) is 1.82. The fourth-order valence-electron chi connectivity index (χ4n) is 1.82. The van der Waals surface area contributed by atoms with Crippen molar-refractivity contribution in [1.29, 1.82) is 0 Å². The number of carbonyl (C=O) groups is 1. The summed E-state index contributed by atoms with van der Waals surface area (Å²) in [6.45, 7) is 3.03. The maximum atomic E-state index is 11.5. The number of hydrogen-bond acceptors (Lipinski definition) is 6. The van der Waals surface area contributed by atoms with E-state index in [2.05, 4.69) is 10.3 Å². The van der Waals surface area contributed by atoms with Gasteiger partial charge in [-0.1, -0.05) is 11.3 Å². The van der Waals surface area contributed by atoms with Gasteiger partial charge >= 0.3 is 5.97 Å². The summed E-state index contributed by atoms with van der Waals surface area (Å²) >= 11 is 0. The number of esters is 1. The van der Waals surface area contributed by atoms with Gasteiger partial charge in [-0.2, -0.15) is 0 Å². The van der Waals surface area contributed by atoms with Crippen molar-refractivity contribution < 1.29 is 14.3 Å². The first-order chi connectivity index (χ1) is 10.2. The van der Waals surface area contributed by atoms with Crippen molar-refractivity contribution in [3.8, 4) is 5.75 Å². The van der Waals surface area contributed by atoms with Crippen LogP contribution in [0.25, 0.3) is 0 Å². The lowest BCUT2D eigenvalue weighted by Crippen LogP contribution is -2.16. The number of nitrogens with zero attached hydrogens (tertiary/aromatic N) is 3. The van der Waals surface area contributed by atoms with E-state index in [4.69, 9.17) is 15.2 Å². The van der Waals surface area contributed by atoms with Crippen LogP contribution in [-0.4, -0.2) is 34.2 Å². The average molecular weight is 290 g/mol. The van der Waals surface area contributed by atoms with Gasteiger partial charge in [0.1, 0.15) is 12.4 Å². The largest absolute Gasteiger partial charge is 0.492 e. The van der Waals surface area contributed by atoms with Gasteiger partial charge in [0.25, 0.3) is 0 Å². The molecule has 2 rings (SSSR count). The van der Waals surface area contributed by atoms with Gasteiger partial charge in [0, 0.05) is 11.8 Å². The van der Waals surface area contributed by atoms with E-state index in [0.29, 0.717) is 36.9 Å². The van der Waals surface area contributed by atoms with Crippen LogP contribution in [-0.2, 0) is 22.5 Å². The number of nitrogens with two attached hydrogens (primary N) is 1. The predicted molar refractivity (Wildman–Crippen MR) is 76.7 cm³/mol. The molecular formula is C14H18N4O3. The van der Waals surface area contributed by atoms with Gasteiger partial charge in [-0.15, -0.1) is 5.10 Å². The minimum absolute atomic E-state index is 0.152. The summed E-state index contributed by atoms with van der Waals surface area (Å²) in [5, 5.41) is 7.74. The van der Waals surface area contributed by atoms with Crippen LogP contribution < -0.4 is 10.5 Å². The molecule has 0 radical (unpaired) electrons. The van der Waals surface area contributed by atoms with Crippen LogP contribution in [0.5, 0.6) is 5.75 Å². The first-order valence-corrected chi connectivity index (χ1v) is 6.70. The Morgan fingerprint density at radius 3 is 3.05 bits per heavy atom. The summed E-state index contributed by atoms with van der Waals surface area (Å²) < 4.78 is 12.1. The molecular weight excluding hydrogens is 272 g/mol. The van der Waals surface area contributed by atoms with Gasteiger partial charge < -0.3 is 15.2 Å². The summed E-state index contributed by atoms with van der Waals surface area (Å²) in [7, 11) is 0. The second-order valence-electron chi connectivity index (χ2n) is 4.35. The van der Waals surface area contributed by atoms with Gasteiger partial charge in [-0.05, 0) is 19.1 Å². The van der Waals surface area contributed by atoms with Crippen LogP contribution in [0.15, 0.2) is 30.5 Å². The lowest BCUT2D eigenvalue weighted by molar-refractivity contribution is -0.142. The third-order valence-corrected chi connectivity index (χ3v) is 2.76. The van der Waals surface area contributed by atoms with E-state index in [-0.39, 0.29) is 12.4 Å². The number of nitrogen functional groups attached to an aromatic ring is 1. The van der Waals surface area contributed by atoms with Crippen molar-refractivity contribution in [2.24, 2.45) is 0 Å². The molecule has 0 aliphatic heterocycles. The Balaban J connectivity index is 1.86. The Labute approximate surface area is 122 Å². The SMILES string of the molecule is CCOC(=O)Cc1cnnn1CCOc1cccc(N)c1. The molecule has 0 aliphatic rings. The number of rotatable bonds is 7. The van der Waals surface area contributed by atoms with Crippen LogP contribution in [0.3, 0.4) is 0 Å². The van der Waals surface area contributed by atoms with Gasteiger partial charge in [0.2, 0.25) is 0 Å². The van der Waals surface area contributed by atoms with Gasteiger partial charge in [-0.25, -0.2) is 4.68 Å². The Kier molecular flexibility index (Phi) is 5.14. The molecule has 0 saturated heterocycles.